The van der Waals surface area contributed by atoms with Crippen LogP contribution in [-0.4, -0.2) is 37.9 Å². The number of carbonyl (C=O) groups is 1. The molecular weight excluding hydrogens is 382 g/mol. The van der Waals surface area contributed by atoms with E-state index >= 15 is 0 Å². The zero-order valence-electron chi connectivity index (χ0n) is 15.9. The quantitative estimate of drug-likeness (QED) is 0.691. The van der Waals surface area contributed by atoms with Crippen LogP contribution in [0.4, 0.5) is 8.78 Å². The van der Waals surface area contributed by atoms with Gasteiger partial charge in [-0.25, -0.2) is 0 Å². The molecule has 27 heavy (non-hydrogen) atoms. The van der Waals surface area contributed by atoms with Gasteiger partial charge in [0.2, 0.25) is 5.91 Å². The highest BCUT2D eigenvalue weighted by molar-refractivity contribution is 5.88. The Morgan fingerprint density at radius 2 is 2.07 bits per heavy atom. The Bertz CT molecular complexity index is 660. The summed E-state index contributed by atoms with van der Waals surface area (Å²) in [5.41, 5.74) is 5.07. The van der Waals surface area contributed by atoms with Crippen LogP contribution in [0, 0.1) is 5.41 Å². The lowest BCUT2D eigenvalue weighted by Gasteiger charge is -2.57. The highest BCUT2D eigenvalue weighted by Crippen LogP contribution is 2.49. The average molecular weight is 409 g/mol. The minimum Gasteiger partial charge on any atom is -0.497 e. The van der Waals surface area contributed by atoms with Crippen molar-refractivity contribution >= 4 is 18.3 Å². The molecule has 154 valence electrons. The van der Waals surface area contributed by atoms with Gasteiger partial charge in [0.1, 0.15) is 17.0 Å². The van der Waals surface area contributed by atoms with E-state index in [9.17, 15) is 13.6 Å². The molecule has 3 N–H and O–H groups in total. The molecule has 0 saturated heterocycles. The molecule has 0 aliphatic heterocycles. The Morgan fingerprint density at radius 3 is 2.59 bits per heavy atom. The molecule has 0 heterocycles. The number of rotatable bonds is 8. The fourth-order valence-electron chi connectivity index (χ4n) is 3.19. The highest BCUT2D eigenvalue weighted by Gasteiger charge is 2.62. The van der Waals surface area contributed by atoms with Crippen LogP contribution in [0.25, 0.3) is 0 Å². The maximum Gasteiger partial charge on any atom is 0.387 e. The van der Waals surface area contributed by atoms with Crippen LogP contribution in [0.1, 0.15) is 32.8 Å². The van der Waals surface area contributed by atoms with Gasteiger partial charge < -0.3 is 25.3 Å². The predicted molar refractivity (Wildman–Crippen MR) is 99.5 cm³/mol. The molecule has 0 spiro atoms. The van der Waals surface area contributed by atoms with E-state index in [1.54, 1.807) is 0 Å². The van der Waals surface area contributed by atoms with Crippen molar-refractivity contribution in [2.75, 3.05) is 13.7 Å². The number of alkyl halides is 2. The van der Waals surface area contributed by atoms with Crippen molar-refractivity contribution in [3.05, 3.63) is 23.8 Å². The maximum atomic E-state index is 12.7. The van der Waals surface area contributed by atoms with Crippen LogP contribution in [0.3, 0.4) is 0 Å². The van der Waals surface area contributed by atoms with Crippen molar-refractivity contribution in [3.63, 3.8) is 0 Å². The highest BCUT2D eigenvalue weighted by atomic mass is 35.5. The van der Waals surface area contributed by atoms with Gasteiger partial charge in [0, 0.05) is 30.6 Å². The number of hydrogen-bond donors (Lipinski definition) is 2. The molecule has 2 unspecified atom stereocenters. The summed E-state index contributed by atoms with van der Waals surface area (Å²) in [6.07, 6.45) is 0.302. The molecule has 6 nitrogen and oxygen atoms in total. The van der Waals surface area contributed by atoms with E-state index in [4.69, 9.17) is 15.2 Å². The molecule has 1 fully saturated rings. The van der Waals surface area contributed by atoms with Crippen molar-refractivity contribution < 1.29 is 27.8 Å². The smallest absolute Gasteiger partial charge is 0.387 e. The first kappa shape index (κ1) is 23.4. The molecule has 1 aliphatic rings. The Morgan fingerprint density at radius 1 is 1.41 bits per heavy atom. The van der Waals surface area contributed by atoms with E-state index in [-0.39, 0.29) is 36.7 Å². The van der Waals surface area contributed by atoms with E-state index in [0.717, 1.165) is 0 Å². The zero-order valence-corrected chi connectivity index (χ0v) is 16.7. The van der Waals surface area contributed by atoms with E-state index in [1.807, 2.05) is 20.8 Å². The SMILES string of the molecule is CCOC1CC(N)(C(=O)NCc2cc(OC)ccc2OC(F)F)C1(C)C.Cl. The third-order valence-electron chi connectivity index (χ3n) is 5.16. The second kappa shape index (κ2) is 9.03. The summed E-state index contributed by atoms with van der Waals surface area (Å²) in [4.78, 5) is 12.7. The van der Waals surface area contributed by atoms with Crippen molar-refractivity contribution in [1.82, 2.24) is 5.32 Å². The molecule has 9 heteroatoms. The largest absolute Gasteiger partial charge is 0.497 e. The van der Waals surface area contributed by atoms with Gasteiger partial charge in [-0.15, -0.1) is 12.4 Å². The van der Waals surface area contributed by atoms with E-state index < -0.39 is 17.6 Å². The zero-order chi connectivity index (χ0) is 19.5. The molecule has 1 aliphatic carbocycles. The van der Waals surface area contributed by atoms with Gasteiger partial charge in [-0.05, 0) is 25.1 Å². The third-order valence-corrected chi connectivity index (χ3v) is 5.16. The monoisotopic (exact) mass is 408 g/mol. The summed E-state index contributed by atoms with van der Waals surface area (Å²) in [6, 6.07) is 4.42. The third kappa shape index (κ3) is 4.62. The van der Waals surface area contributed by atoms with Gasteiger partial charge >= 0.3 is 6.61 Å². The first-order valence-electron chi connectivity index (χ1n) is 8.46. The molecule has 1 saturated carbocycles. The average Bonchev–Trinajstić information content (AvgIpc) is 2.59. The normalized spacial score (nSPS) is 23.2. The standard InChI is InChI=1S/C18H26F2N2O4.ClH/c1-5-25-14-9-18(21,17(14,2)3)15(23)22-10-11-8-12(24-4)6-7-13(11)26-16(19)20;/h6-8,14,16H,5,9-10,21H2,1-4H3,(H,22,23);1H. The number of nitrogens with one attached hydrogen (secondary N) is 1. The number of carbonyl (C=O) groups excluding carboxylic acids is 1. The predicted octanol–water partition coefficient (Wildman–Crippen LogP) is 2.87. The van der Waals surface area contributed by atoms with Crippen LogP contribution < -0.4 is 20.5 Å². The van der Waals surface area contributed by atoms with E-state index in [0.29, 0.717) is 24.3 Å². The van der Waals surface area contributed by atoms with Crippen LogP contribution in [-0.2, 0) is 16.1 Å². The molecule has 0 aromatic heterocycles. The molecule has 1 amide bonds. The summed E-state index contributed by atoms with van der Waals surface area (Å²) in [6.45, 7) is 3.23. The van der Waals surface area contributed by atoms with E-state index in [2.05, 4.69) is 10.1 Å². The minimum absolute atomic E-state index is 0. The van der Waals surface area contributed by atoms with Gasteiger partial charge in [-0.3, -0.25) is 4.79 Å². The fourth-order valence-corrected chi connectivity index (χ4v) is 3.19. The summed E-state index contributed by atoms with van der Waals surface area (Å²) in [7, 11) is 1.46. The number of amides is 1. The van der Waals surface area contributed by atoms with Gasteiger partial charge in [-0.1, -0.05) is 13.8 Å². The second-order valence-electron chi connectivity index (χ2n) is 6.88. The van der Waals surface area contributed by atoms with Crippen LogP contribution in [0.15, 0.2) is 18.2 Å². The second-order valence-corrected chi connectivity index (χ2v) is 6.88. The van der Waals surface area contributed by atoms with Crippen molar-refractivity contribution in [1.29, 1.82) is 0 Å². The maximum absolute atomic E-state index is 12.7. The Kier molecular flexibility index (Phi) is 7.83. The summed E-state index contributed by atoms with van der Waals surface area (Å²) in [5.74, 6) is 0.0928. The molecule has 1 aromatic carbocycles. The van der Waals surface area contributed by atoms with Crippen LogP contribution in [0.5, 0.6) is 11.5 Å². The number of hydrogen-bond acceptors (Lipinski definition) is 5. The molecule has 0 bridgehead atoms. The lowest BCUT2D eigenvalue weighted by atomic mass is 9.54. The Labute approximate surface area is 164 Å². The van der Waals surface area contributed by atoms with Crippen molar-refractivity contribution in [2.24, 2.45) is 11.1 Å². The van der Waals surface area contributed by atoms with Crippen molar-refractivity contribution in [2.45, 2.75) is 52.0 Å². The minimum atomic E-state index is -2.96. The lowest BCUT2D eigenvalue weighted by molar-refractivity contribution is -0.170. The van der Waals surface area contributed by atoms with Gasteiger partial charge in [-0.2, -0.15) is 8.78 Å². The van der Waals surface area contributed by atoms with Gasteiger partial charge in [0.15, 0.2) is 0 Å². The number of halogens is 3. The van der Waals surface area contributed by atoms with Crippen LogP contribution >= 0.6 is 12.4 Å². The number of methoxy groups -OCH3 is 1. The summed E-state index contributed by atoms with van der Waals surface area (Å²) < 4.78 is 40.4. The first-order valence-corrected chi connectivity index (χ1v) is 8.46. The first-order chi connectivity index (χ1) is 12.2. The van der Waals surface area contributed by atoms with Crippen LogP contribution in [0.2, 0.25) is 0 Å². The lowest BCUT2D eigenvalue weighted by Crippen LogP contribution is -2.75. The molecule has 2 atom stereocenters. The summed E-state index contributed by atoms with van der Waals surface area (Å²) >= 11 is 0. The molecular formula is C18H27ClF2N2O4. The van der Waals surface area contributed by atoms with E-state index in [1.165, 1.54) is 25.3 Å². The molecule has 0 radical (unpaired) electrons. The topological polar surface area (TPSA) is 82.8 Å². The number of ether oxygens (including phenoxy) is 3. The number of benzene rings is 1. The Hall–Kier alpha value is -1.64. The van der Waals surface area contributed by atoms with Gasteiger partial charge in [0.25, 0.3) is 0 Å². The number of nitrogens with two attached hydrogens (primary N) is 1. The molecule has 1 aromatic rings. The fraction of sp³-hybridized carbons (Fsp3) is 0.611. The molecule has 2 rings (SSSR count). The summed E-state index contributed by atoms with van der Waals surface area (Å²) in [5, 5.41) is 2.72. The van der Waals surface area contributed by atoms with Gasteiger partial charge in [0.05, 0.1) is 13.2 Å². The Balaban J connectivity index is 0.00000364. The van der Waals surface area contributed by atoms with Crippen molar-refractivity contribution in [3.8, 4) is 11.5 Å².